The van der Waals surface area contributed by atoms with Gasteiger partial charge in [-0.1, -0.05) is 64.4 Å². The third-order valence-electron chi connectivity index (χ3n) is 9.83. The zero-order valence-electron chi connectivity index (χ0n) is 24.7. The maximum Gasteiger partial charge on any atom is 0.209 e. The molecule has 7 nitrogen and oxygen atoms in total. The fraction of sp³-hybridized carbons (Fsp3) is 0.441. The van der Waals surface area contributed by atoms with Crippen molar-refractivity contribution >= 4 is 17.3 Å². The van der Waals surface area contributed by atoms with Gasteiger partial charge >= 0.3 is 0 Å². The summed E-state index contributed by atoms with van der Waals surface area (Å²) in [5, 5.41) is 46.7. The highest BCUT2D eigenvalue weighted by molar-refractivity contribution is 6.25. The number of carbonyl (C=O) groups excluding carboxylic acids is 3. The van der Waals surface area contributed by atoms with Crippen LogP contribution in [0, 0.1) is 29.6 Å². The Morgan fingerprint density at radius 1 is 1.07 bits per heavy atom. The number of aromatic hydroxyl groups is 1. The second-order valence-corrected chi connectivity index (χ2v) is 13.0. The van der Waals surface area contributed by atoms with Crippen LogP contribution in [0.5, 0.6) is 5.75 Å². The standard InChI is InChI=1S/C34H38O7/c1-8-19-13-21(20-11-9-17(4)10-12-20)22-14-32(6)15-33(7)25(16(2)3)28(37)23(18(5)35)30(39)34(33,41)31(40)26(32)29(38)24(22)27(19)36/h9-13,16,25,36-37,40-41H,8,14-15H2,1-7H3/t25?,32-,33-,34+/m1/s1. The minimum atomic E-state index is -2.62. The Balaban J connectivity index is 1.84. The predicted octanol–water partition coefficient (Wildman–Crippen LogP) is 5.88. The smallest absolute Gasteiger partial charge is 0.209 e. The molecule has 0 bridgehead atoms. The van der Waals surface area contributed by atoms with Gasteiger partial charge in [0, 0.05) is 22.3 Å². The van der Waals surface area contributed by atoms with Crippen LogP contribution in [0.4, 0.5) is 0 Å². The molecule has 41 heavy (non-hydrogen) atoms. The Morgan fingerprint density at radius 3 is 2.22 bits per heavy atom. The molecule has 0 aromatic heterocycles. The summed E-state index contributed by atoms with van der Waals surface area (Å²) in [4.78, 5) is 40.8. The lowest BCUT2D eigenvalue weighted by Crippen LogP contribution is -2.67. The summed E-state index contributed by atoms with van der Waals surface area (Å²) in [5.41, 5.74) is -1.80. The highest BCUT2D eigenvalue weighted by atomic mass is 16.3. The Kier molecular flexibility index (Phi) is 6.43. The second kappa shape index (κ2) is 9.15. The molecule has 0 spiro atoms. The van der Waals surface area contributed by atoms with Crippen molar-refractivity contribution in [3.05, 3.63) is 75.3 Å². The van der Waals surface area contributed by atoms with E-state index in [2.05, 4.69) is 0 Å². The maximum absolute atomic E-state index is 14.4. The molecular weight excluding hydrogens is 520 g/mol. The van der Waals surface area contributed by atoms with Gasteiger partial charge in [-0.3, -0.25) is 14.4 Å². The average molecular weight is 559 g/mol. The topological polar surface area (TPSA) is 132 Å². The van der Waals surface area contributed by atoms with Gasteiger partial charge in [0.15, 0.2) is 17.2 Å². The molecule has 0 aliphatic heterocycles. The van der Waals surface area contributed by atoms with Crippen molar-refractivity contribution in [3.63, 3.8) is 0 Å². The number of phenols is 1. The van der Waals surface area contributed by atoms with Crippen LogP contribution in [0.2, 0.25) is 0 Å². The lowest BCUT2D eigenvalue weighted by atomic mass is 9.44. The zero-order valence-corrected chi connectivity index (χ0v) is 24.7. The lowest BCUT2D eigenvalue weighted by molar-refractivity contribution is -0.171. The van der Waals surface area contributed by atoms with Crippen LogP contribution in [-0.4, -0.2) is 43.4 Å². The molecule has 216 valence electrons. The minimum absolute atomic E-state index is 0.0556. The van der Waals surface area contributed by atoms with Crippen molar-refractivity contribution in [3.8, 4) is 16.9 Å². The van der Waals surface area contributed by atoms with Gasteiger partial charge in [-0.15, -0.1) is 0 Å². The number of hydrogen-bond donors (Lipinski definition) is 4. The second-order valence-electron chi connectivity index (χ2n) is 13.0. The number of aliphatic hydroxyl groups excluding tert-OH is 2. The van der Waals surface area contributed by atoms with Crippen molar-refractivity contribution < 1.29 is 34.8 Å². The fourth-order valence-electron chi connectivity index (χ4n) is 8.12. The quantitative estimate of drug-likeness (QED) is 0.344. The largest absolute Gasteiger partial charge is 0.511 e. The number of ketones is 3. The summed E-state index contributed by atoms with van der Waals surface area (Å²) in [5.74, 6) is -5.04. The molecule has 0 amide bonds. The third-order valence-corrected chi connectivity index (χ3v) is 9.83. The Bertz CT molecular complexity index is 1590. The summed E-state index contributed by atoms with van der Waals surface area (Å²) in [6.07, 6.45) is 0.758. The summed E-state index contributed by atoms with van der Waals surface area (Å²) in [7, 11) is 0. The number of aryl methyl sites for hydroxylation is 2. The molecular formula is C34H38O7. The van der Waals surface area contributed by atoms with Gasteiger partial charge in [0.05, 0.1) is 5.56 Å². The van der Waals surface area contributed by atoms with Gasteiger partial charge < -0.3 is 20.4 Å². The molecule has 0 saturated heterocycles. The highest BCUT2D eigenvalue weighted by Gasteiger charge is 2.71. The summed E-state index contributed by atoms with van der Waals surface area (Å²) in [6, 6.07) is 9.80. The molecule has 0 fully saturated rings. The predicted molar refractivity (Wildman–Crippen MR) is 155 cm³/mol. The average Bonchev–Trinajstić information content (AvgIpc) is 2.86. The number of benzene rings is 2. The van der Waals surface area contributed by atoms with E-state index >= 15 is 0 Å². The number of hydrogen-bond acceptors (Lipinski definition) is 7. The van der Waals surface area contributed by atoms with Gasteiger partial charge in [-0.2, -0.15) is 0 Å². The Morgan fingerprint density at radius 2 is 1.68 bits per heavy atom. The van der Waals surface area contributed by atoms with E-state index in [-0.39, 0.29) is 35.6 Å². The first-order chi connectivity index (χ1) is 19.0. The molecule has 5 rings (SSSR count). The molecule has 1 unspecified atom stereocenters. The van der Waals surface area contributed by atoms with Gasteiger partial charge in [0.25, 0.3) is 0 Å². The van der Waals surface area contributed by atoms with Gasteiger partial charge in [0.1, 0.15) is 22.8 Å². The number of fused-ring (bicyclic) bond motifs is 3. The van der Waals surface area contributed by atoms with E-state index in [0.29, 0.717) is 17.5 Å². The van der Waals surface area contributed by atoms with E-state index in [1.807, 2.05) is 65.0 Å². The third kappa shape index (κ3) is 3.64. The molecule has 2 aromatic rings. The monoisotopic (exact) mass is 558 g/mol. The van der Waals surface area contributed by atoms with Crippen LogP contribution in [0.3, 0.4) is 0 Å². The number of Topliss-reactive ketones (excluding diaryl/α,β-unsaturated/α-hetero) is 3. The summed E-state index contributed by atoms with van der Waals surface area (Å²) >= 11 is 0. The van der Waals surface area contributed by atoms with Gasteiger partial charge in [-0.05, 0) is 67.3 Å². The van der Waals surface area contributed by atoms with E-state index in [1.165, 1.54) is 0 Å². The van der Waals surface area contributed by atoms with Crippen molar-refractivity contribution in [2.75, 3.05) is 0 Å². The molecule has 7 heteroatoms. The first-order valence-corrected chi connectivity index (χ1v) is 14.2. The lowest BCUT2D eigenvalue weighted by Gasteiger charge is -2.59. The molecule has 3 aliphatic rings. The molecule has 3 aliphatic carbocycles. The molecule has 2 aromatic carbocycles. The van der Waals surface area contributed by atoms with Crippen molar-refractivity contribution in [1.82, 2.24) is 0 Å². The zero-order chi connectivity index (χ0) is 30.4. The number of phenolic OH excluding ortho intramolecular Hbond substituents is 1. The van der Waals surface area contributed by atoms with E-state index in [0.717, 1.165) is 23.6 Å². The van der Waals surface area contributed by atoms with Crippen molar-refractivity contribution in [2.24, 2.45) is 22.7 Å². The van der Waals surface area contributed by atoms with E-state index in [9.17, 15) is 34.8 Å². The fourth-order valence-corrected chi connectivity index (χ4v) is 8.12. The molecule has 4 atom stereocenters. The molecule has 0 heterocycles. The number of allylic oxidation sites excluding steroid dienone is 2. The number of carbonyl (C=O) groups is 3. The Labute approximate surface area is 240 Å². The van der Waals surface area contributed by atoms with E-state index < -0.39 is 56.8 Å². The summed E-state index contributed by atoms with van der Waals surface area (Å²) < 4.78 is 0. The maximum atomic E-state index is 14.4. The SMILES string of the molecule is CCc1cc(-c2ccc(C)cc2)c2c(c1O)C(=O)C1=C(O)[C@@]3(O)C(=O)C(C(C)=O)=C(O)C(C(C)C)[C@@]3(C)C[C@@]1(C)C2. The van der Waals surface area contributed by atoms with Crippen LogP contribution in [0.1, 0.15) is 75.0 Å². The van der Waals surface area contributed by atoms with Crippen LogP contribution < -0.4 is 0 Å². The molecule has 0 saturated carbocycles. The number of aliphatic hydroxyl groups is 3. The van der Waals surface area contributed by atoms with Gasteiger partial charge in [0.2, 0.25) is 5.78 Å². The highest BCUT2D eigenvalue weighted by Crippen LogP contribution is 2.65. The van der Waals surface area contributed by atoms with Crippen LogP contribution in [0.25, 0.3) is 11.1 Å². The van der Waals surface area contributed by atoms with Crippen molar-refractivity contribution in [2.45, 2.75) is 73.3 Å². The normalized spacial score (nSPS) is 29.4. The number of rotatable bonds is 4. The minimum Gasteiger partial charge on any atom is -0.511 e. The van der Waals surface area contributed by atoms with E-state index in [4.69, 9.17) is 0 Å². The first-order valence-electron chi connectivity index (χ1n) is 14.2. The molecule has 0 radical (unpaired) electrons. The summed E-state index contributed by atoms with van der Waals surface area (Å²) in [6.45, 7) is 12.1. The molecule has 4 N–H and O–H groups in total. The van der Waals surface area contributed by atoms with Crippen molar-refractivity contribution in [1.29, 1.82) is 0 Å². The van der Waals surface area contributed by atoms with Crippen LogP contribution in [0.15, 0.2) is 53.0 Å². The van der Waals surface area contributed by atoms with E-state index in [1.54, 1.807) is 6.92 Å². The van der Waals surface area contributed by atoms with Crippen LogP contribution >= 0.6 is 0 Å². The Hall–Kier alpha value is -3.71. The first kappa shape index (κ1) is 28.8. The van der Waals surface area contributed by atoms with Gasteiger partial charge in [-0.25, -0.2) is 0 Å². The van der Waals surface area contributed by atoms with Crippen LogP contribution in [-0.2, 0) is 22.4 Å².